The summed E-state index contributed by atoms with van der Waals surface area (Å²) < 4.78 is 27.1. The largest absolute Gasteiger partial charge is 0.369 e. The molecule has 0 heterocycles. The predicted octanol–water partition coefficient (Wildman–Crippen LogP) is 1.73. The summed E-state index contributed by atoms with van der Waals surface area (Å²) in [6.07, 6.45) is 0. The van der Waals surface area contributed by atoms with Gasteiger partial charge in [-0.1, -0.05) is 0 Å². The van der Waals surface area contributed by atoms with Crippen LogP contribution in [-0.4, -0.2) is 30.9 Å². The van der Waals surface area contributed by atoms with E-state index in [1.54, 1.807) is 20.2 Å². The molecule has 6 heteroatoms. The molecule has 0 saturated heterocycles. The second kappa shape index (κ2) is 5.45. The highest BCUT2D eigenvalue weighted by Gasteiger charge is 2.19. The van der Waals surface area contributed by atoms with Gasteiger partial charge in [-0.25, -0.2) is 8.78 Å². The number of hydrogen-bond donors (Lipinski definition) is 1. The fraction of sp³-hybridized carbons (Fsp3) is 0.333. The summed E-state index contributed by atoms with van der Waals surface area (Å²) in [7, 11) is 3.10. The minimum Gasteiger partial charge on any atom is -0.369 e. The molecule has 1 aromatic carbocycles. The van der Waals surface area contributed by atoms with E-state index in [1.807, 2.05) is 0 Å². The Balaban J connectivity index is 2.99. The minimum atomic E-state index is -0.898. The molecule has 0 spiro atoms. The molecular formula is C12H13F2N3O. The van der Waals surface area contributed by atoms with Crippen molar-refractivity contribution in [3.05, 3.63) is 29.3 Å². The van der Waals surface area contributed by atoms with Gasteiger partial charge >= 0.3 is 0 Å². The third-order valence-corrected chi connectivity index (χ3v) is 2.34. The summed E-state index contributed by atoms with van der Waals surface area (Å²) in [5.41, 5.74) is -0.515. The van der Waals surface area contributed by atoms with Crippen molar-refractivity contribution in [2.24, 2.45) is 0 Å². The summed E-state index contributed by atoms with van der Waals surface area (Å²) in [6, 6.07) is 2.71. The Kier molecular flexibility index (Phi) is 4.21. The Morgan fingerprint density at radius 1 is 1.39 bits per heavy atom. The van der Waals surface area contributed by atoms with E-state index < -0.39 is 23.4 Å². The van der Waals surface area contributed by atoms with E-state index in [9.17, 15) is 13.6 Å². The number of carbonyl (C=O) groups is 1. The number of nitrogens with zero attached hydrogens (tertiary/aromatic N) is 2. The monoisotopic (exact) mass is 253 g/mol. The third kappa shape index (κ3) is 2.94. The summed E-state index contributed by atoms with van der Waals surface area (Å²) in [5.74, 6) is -2.10. The summed E-state index contributed by atoms with van der Waals surface area (Å²) in [4.78, 5) is 12.9. The van der Waals surface area contributed by atoms with Crippen molar-refractivity contribution in [2.75, 3.05) is 19.4 Å². The number of likely N-dealkylation sites (N-methyl/N-ethyl adjacent to an activating group) is 1. The molecule has 4 nitrogen and oxygen atoms in total. The van der Waals surface area contributed by atoms with Crippen molar-refractivity contribution in [3.8, 4) is 6.07 Å². The molecule has 1 rings (SSSR count). The number of carbonyl (C=O) groups excluding carboxylic acids is 1. The van der Waals surface area contributed by atoms with Crippen molar-refractivity contribution in [2.45, 2.75) is 13.0 Å². The van der Waals surface area contributed by atoms with Gasteiger partial charge in [0.25, 0.3) is 0 Å². The second-order valence-corrected chi connectivity index (χ2v) is 4.03. The van der Waals surface area contributed by atoms with Crippen LogP contribution in [0.5, 0.6) is 0 Å². The maximum absolute atomic E-state index is 13.5. The molecule has 0 aliphatic heterocycles. The van der Waals surface area contributed by atoms with Gasteiger partial charge in [0.1, 0.15) is 11.7 Å². The van der Waals surface area contributed by atoms with Crippen LogP contribution in [0.3, 0.4) is 0 Å². The number of benzene rings is 1. The third-order valence-electron chi connectivity index (χ3n) is 2.34. The van der Waals surface area contributed by atoms with Crippen molar-refractivity contribution in [1.29, 1.82) is 5.26 Å². The van der Waals surface area contributed by atoms with Gasteiger partial charge in [0.15, 0.2) is 11.6 Å². The highest BCUT2D eigenvalue weighted by Crippen LogP contribution is 2.21. The molecule has 1 amide bonds. The van der Waals surface area contributed by atoms with Crippen LogP contribution < -0.4 is 5.32 Å². The molecule has 1 N–H and O–H groups in total. The van der Waals surface area contributed by atoms with Crippen LogP contribution in [-0.2, 0) is 4.79 Å². The lowest BCUT2D eigenvalue weighted by atomic mass is 10.2. The first-order valence-corrected chi connectivity index (χ1v) is 5.23. The fourth-order valence-electron chi connectivity index (χ4n) is 1.44. The van der Waals surface area contributed by atoms with Gasteiger partial charge in [-0.15, -0.1) is 0 Å². The average molecular weight is 253 g/mol. The summed E-state index contributed by atoms with van der Waals surface area (Å²) in [5, 5.41) is 11.0. The van der Waals surface area contributed by atoms with E-state index in [0.29, 0.717) is 0 Å². The number of anilines is 1. The van der Waals surface area contributed by atoms with Crippen molar-refractivity contribution in [3.63, 3.8) is 0 Å². The number of rotatable bonds is 3. The maximum atomic E-state index is 13.5. The molecule has 0 saturated carbocycles. The minimum absolute atomic E-state index is 0.109. The van der Waals surface area contributed by atoms with Crippen LogP contribution in [0.25, 0.3) is 0 Å². The topological polar surface area (TPSA) is 56.1 Å². The molecule has 0 aromatic heterocycles. The molecule has 1 unspecified atom stereocenters. The van der Waals surface area contributed by atoms with E-state index in [1.165, 1.54) is 11.8 Å². The lowest BCUT2D eigenvalue weighted by Crippen LogP contribution is -2.37. The zero-order valence-corrected chi connectivity index (χ0v) is 10.3. The zero-order chi connectivity index (χ0) is 13.9. The summed E-state index contributed by atoms with van der Waals surface area (Å²) in [6.45, 7) is 1.50. The van der Waals surface area contributed by atoms with E-state index in [2.05, 4.69) is 5.32 Å². The Morgan fingerprint density at radius 2 is 1.89 bits per heavy atom. The van der Waals surface area contributed by atoms with E-state index >= 15 is 0 Å². The number of nitriles is 1. The Bertz CT molecular complexity index is 486. The van der Waals surface area contributed by atoms with Gasteiger partial charge < -0.3 is 10.2 Å². The normalized spacial score (nSPS) is 11.6. The van der Waals surface area contributed by atoms with Gasteiger partial charge in [0.2, 0.25) is 5.91 Å². The average Bonchev–Trinajstić information content (AvgIpc) is 2.31. The predicted molar refractivity (Wildman–Crippen MR) is 62.9 cm³/mol. The molecule has 96 valence electrons. The van der Waals surface area contributed by atoms with Crippen molar-refractivity contribution < 1.29 is 13.6 Å². The fourth-order valence-corrected chi connectivity index (χ4v) is 1.44. The maximum Gasteiger partial charge on any atom is 0.244 e. The first-order valence-electron chi connectivity index (χ1n) is 5.23. The van der Waals surface area contributed by atoms with Gasteiger partial charge in [0.05, 0.1) is 11.6 Å². The standard InChI is InChI=1S/C12H13F2N3O/c1-7(12(18)17(2)3)16-11-9(13)4-8(6-15)5-10(11)14/h4-5,7,16H,1-3H3. The first-order chi connectivity index (χ1) is 8.36. The Labute approximate surface area is 104 Å². The molecule has 0 bridgehead atoms. The molecular weight excluding hydrogens is 240 g/mol. The number of halogens is 2. The first kappa shape index (κ1) is 13.9. The zero-order valence-electron chi connectivity index (χ0n) is 10.3. The molecule has 0 aliphatic rings. The lowest BCUT2D eigenvalue weighted by molar-refractivity contribution is -0.129. The highest BCUT2D eigenvalue weighted by molar-refractivity contribution is 5.83. The molecule has 1 atom stereocenters. The molecule has 0 fully saturated rings. The molecule has 0 aliphatic carbocycles. The molecule has 18 heavy (non-hydrogen) atoms. The molecule has 0 radical (unpaired) electrons. The van der Waals surface area contributed by atoms with Crippen LogP contribution >= 0.6 is 0 Å². The second-order valence-electron chi connectivity index (χ2n) is 4.03. The smallest absolute Gasteiger partial charge is 0.244 e. The SMILES string of the molecule is CC(Nc1c(F)cc(C#N)cc1F)C(=O)N(C)C. The van der Waals surface area contributed by atoms with Crippen molar-refractivity contribution >= 4 is 11.6 Å². The van der Waals surface area contributed by atoms with Crippen LogP contribution in [0.4, 0.5) is 14.5 Å². The van der Waals surface area contributed by atoms with E-state index in [0.717, 1.165) is 12.1 Å². The molecule has 1 aromatic rings. The van der Waals surface area contributed by atoms with Crippen LogP contribution in [0.1, 0.15) is 12.5 Å². The van der Waals surface area contributed by atoms with Gasteiger partial charge in [0, 0.05) is 14.1 Å². The van der Waals surface area contributed by atoms with Gasteiger partial charge in [-0.2, -0.15) is 5.26 Å². The van der Waals surface area contributed by atoms with Crippen molar-refractivity contribution in [1.82, 2.24) is 4.90 Å². The quantitative estimate of drug-likeness (QED) is 0.892. The number of amides is 1. The van der Waals surface area contributed by atoms with Crippen LogP contribution in [0.2, 0.25) is 0 Å². The van der Waals surface area contributed by atoms with Gasteiger partial charge in [-0.05, 0) is 19.1 Å². The van der Waals surface area contributed by atoms with E-state index in [4.69, 9.17) is 5.26 Å². The Hall–Kier alpha value is -2.16. The lowest BCUT2D eigenvalue weighted by Gasteiger charge is -2.19. The van der Waals surface area contributed by atoms with Gasteiger partial charge in [-0.3, -0.25) is 4.79 Å². The number of nitrogens with one attached hydrogen (secondary N) is 1. The number of hydrogen-bond acceptors (Lipinski definition) is 3. The van der Waals surface area contributed by atoms with Crippen LogP contribution in [0.15, 0.2) is 12.1 Å². The highest BCUT2D eigenvalue weighted by atomic mass is 19.1. The summed E-state index contributed by atoms with van der Waals surface area (Å²) >= 11 is 0. The van der Waals surface area contributed by atoms with E-state index in [-0.39, 0.29) is 11.5 Å². The Morgan fingerprint density at radius 3 is 2.28 bits per heavy atom. The van der Waals surface area contributed by atoms with Crippen LogP contribution in [0, 0.1) is 23.0 Å².